The molecule has 28 heavy (non-hydrogen) atoms. The van der Waals surface area contributed by atoms with Crippen molar-refractivity contribution in [3.8, 4) is 0 Å². The second-order valence-electron chi connectivity index (χ2n) is 6.91. The standard InChI is InChI=1S/C25H19OPS/c28-27(22-16-8-3-9-17-22)24-19-11-10-18-23(24)25(26-27,20-12-4-1-5-13-20)21-14-6-2-7-15-21/h1-19H. The average Bonchev–Trinajstić information content (AvgIpc) is 3.07. The maximum absolute atomic E-state index is 7.09. The number of rotatable bonds is 3. The minimum Gasteiger partial charge on any atom is -0.322 e. The van der Waals surface area contributed by atoms with Crippen LogP contribution in [0.5, 0.6) is 0 Å². The summed E-state index contributed by atoms with van der Waals surface area (Å²) in [6, 6.07) is 39.7. The van der Waals surface area contributed by atoms with Crippen molar-refractivity contribution < 1.29 is 4.52 Å². The lowest BCUT2D eigenvalue weighted by atomic mass is 9.80. The van der Waals surface area contributed by atoms with Gasteiger partial charge in [0.25, 0.3) is 0 Å². The quantitative estimate of drug-likeness (QED) is 0.430. The molecule has 0 aromatic heterocycles. The Morgan fingerprint density at radius 1 is 0.571 bits per heavy atom. The van der Waals surface area contributed by atoms with Gasteiger partial charge in [0.15, 0.2) is 0 Å². The third-order valence-corrected chi connectivity index (χ3v) is 9.30. The molecule has 1 unspecified atom stereocenters. The molecule has 0 saturated carbocycles. The normalized spacial score (nSPS) is 19.9. The second kappa shape index (κ2) is 6.83. The predicted molar refractivity (Wildman–Crippen MR) is 120 cm³/mol. The monoisotopic (exact) mass is 398 g/mol. The van der Waals surface area contributed by atoms with Gasteiger partial charge in [0, 0.05) is 16.2 Å². The summed E-state index contributed by atoms with van der Waals surface area (Å²) < 4.78 is 7.09. The summed E-state index contributed by atoms with van der Waals surface area (Å²) in [7, 11) is 0. The fraction of sp³-hybridized carbons (Fsp3) is 0.0400. The van der Waals surface area contributed by atoms with Gasteiger partial charge >= 0.3 is 0 Å². The molecular weight excluding hydrogens is 379 g/mol. The van der Waals surface area contributed by atoms with Crippen molar-refractivity contribution >= 4 is 28.7 Å². The van der Waals surface area contributed by atoms with Crippen LogP contribution in [0.1, 0.15) is 16.7 Å². The molecule has 1 atom stereocenters. The van der Waals surface area contributed by atoms with Crippen molar-refractivity contribution in [2.45, 2.75) is 5.60 Å². The minimum atomic E-state index is -2.43. The Hall–Kier alpha value is -2.51. The van der Waals surface area contributed by atoms with E-state index in [0.717, 1.165) is 27.3 Å². The van der Waals surface area contributed by atoms with Crippen LogP contribution in [-0.2, 0) is 21.9 Å². The lowest BCUT2D eigenvalue weighted by molar-refractivity contribution is 0.193. The van der Waals surface area contributed by atoms with Gasteiger partial charge in [-0.25, -0.2) is 0 Å². The third-order valence-electron chi connectivity index (χ3n) is 5.32. The van der Waals surface area contributed by atoms with Gasteiger partial charge in [-0.15, -0.1) is 0 Å². The van der Waals surface area contributed by atoms with Crippen LogP contribution in [0.4, 0.5) is 0 Å². The van der Waals surface area contributed by atoms with E-state index in [1.54, 1.807) is 0 Å². The van der Waals surface area contributed by atoms with Crippen LogP contribution in [0, 0.1) is 0 Å². The number of hydrogen-bond donors (Lipinski definition) is 0. The molecule has 0 N–H and O–H groups in total. The molecule has 1 heterocycles. The van der Waals surface area contributed by atoms with E-state index in [2.05, 4.69) is 84.9 Å². The average molecular weight is 398 g/mol. The first-order valence-electron chi connectivity index (χ1n) is 9.33. The van der Waals surface area contributed by atoms with Crippen molar-refractivity contribution in [3.63, 3.8) is 0 Å². The maximum Gasteiger partial charge on any atom is 0.150 e. The molecule has 0 spiro atoms. The Labute approximate surface area is 170 Å². The predicted octanol–water partition coefficient (Wildman–Crippen LogP) is 5.35. The minimum absolute atomic E-state index is 0.704. The van der Waals surface area contributed by atoms with E-state index >= 15 is 0 Å². The zero-order chi connectivity index (χ0) is 19.0. The zero-order valence-corrected chi connectivity index (χ0v) is 16.9. The fourth-order valence-electron chi connectivity index (χ4n) is 4.06. The first-order chi connectivity index (χ1) is 13.7. The smallest absolute Gasteiger partial charge is 0.150 e. The van der Waals surface area contributed by atoms with E-state index in [1.165, 1.54) is 0 Å². The fourth-order valence-corrected chi connectivity index (χ4v) is 7.82. The van der Waals surface area contributed by atoms with Crippen molar-refractivity contribution in [3.05, 3.63) is 132 Å². The Kier molecular flexibility index (Phi) is 4.29. The molecule has 0 saturated heterocycles. The van der Waals surface area contributed by atoms with Gasteiger partial charge in [-0.05, 0) is 11.1 Å². The molecule has 1 aliphatic rings. The Balaban J connectivity index is 1.86. The van der Waals surface area contributed by atoms with Crippen molar-refractivity contribution in [2.24, 2.45) is 0 Å². The van der Waals surface area contributed by atoms with Crippen LogP contribution in [0.2, 0.25) is 0 Å². The molecule has 3 heteroatoms. The van der Waals surface area contributed by atoms with Crippen molar-refractivity contribution in [1.82, 2.24) is 0 Å². The number of hydrogen-bond acceptors (Lipinski definition) is 2. The Morgan fingerprint density at radius 2 is 1.04 bits per heavy atom. The van der Waals surface area contributed by atoms with E-state index in [4.69, 9.17) is 16.3 Å². The number of benzene rings is 4. The lowest BCUT2D eigenvalue weighted by Gasteiger charge is -2.32. The van der Waals surface area contributed by atoms with Gasteiger partial charge in [0.1, 0.15) is 11.9 Å². The van der Waals surface area contributed by atoms with Gasteiger partial charge in [-0.3, -0.25) is 0 Å². The Morgan fingerprint density at radius 3 is 1.61 bits per heavy atom. The first kappa shape index (κ1) is 17.6. The molecule has 0 fully saturated rings. The van der Waals surface area contributed by atoms with Gasteiger partial charge < -0.3 is 4.52 Å². The summed E-state index contributed by atoms with van der Waals surface area (Å²) in [4.78, 5) is 0. The molecule has 5 rings (SSSR count). The highest BCUT2D eigenvalue weighted by atomic mass is 32.4. The molecule has 136 valence electrons. The van der Waals surface area contributed by atoms with Crippen LogP contribution in [0.25, 0.3) is 0 Å². The maximum atomic E-state index is 7.09. The second-order valence-corrected chi connectivity index (χ2v) is 10.7. The molecule has 1 aliphatic heterocycles. The van der Waals surface area contributed by atoms with E-state index in [1.807, 2.05) is 30.3 Å². The highest BCUT2D eigenvalue weighted by Gasteiger charge is 2.51. The van der Waals surface area contributed by atoms with E-state index in [-0.39, 0.29) is 0 Å². The summed E-state index contributed by atoms with van der Waals surface area (Å²) in [6.07, 6.45) is -2.43. The summed E-state index contributed by atoms with van der Waals surface area (Å²) in [6.45, 7) is 0. The van der Waals surface area contributed by atoms with E-state index in [9.17, 15) is 0 Å². The largest absolute Gasteiger partial charge is 0.322 e. The van der Waals surface area contributed by atoms with Crippen LogP contribution >= 0.6 is 6.26 Å². The molecular formula is C25H19OPS. The van der Waals surface area contributed by atoms with Crippen LogP contribution in [-0.4, -0.2) is 0 Å². The molecule has 0 bridgehead atoms. The molecule has 1 nitrogen and oxygen atoms in total. The zero-order valence-electron chi connectivity index (χ0n) is 15.2. The summed E-state index contributed by atoms with van der Waals surface area (Å²) in [5, 5.41) is 2.23. The SMILES string of the molecule is S=P1(c2ccccc2)OC(c2ccccc2)(c2ccccc2)c2ccccc21. The van der Waals surface area contributed by atoms with E-state index in [0.29, 0.717) is 0 Å². The number of fused-ring (bicyclic) bond motifs is 1. The molecule has 4 aromatic rings. The van der Waals surface area contributed by atoms with Crippen LogP contribution < -0.4 is 10.6 Å². The van der Waals surface area contributed by atoms with Crippen LogP contribution in [0.15, 0.2) is 115 Å². The van der Waals surface area contributed by atoms with Gasteiger partial charge in [-0.2, -0.15) is 0 Å². The van der Waals surface area contributed by atoms with Crippen LogP contribution in [0.3, 0.4) is 0 Å². The van der Waals surface area contributed by atoms with E-state index < -0.39 is 11.9 Å². The van der Waals surface area contributed by atoms with Crippen molar-refractivity contribution in [2.75, 3.05) is 0 Å². The summed E-state index contributed by atoms with van der Waals surface area (Å²) in [5.41, 5.74) is 2.66. The van der Waals surface area contributed by atoms with Gasteiger partial charge in [0.2, 0.25) is 0 Å². The molecule has 4 aromatic carbocycles. The Bertz CT molecular complexity index is 1120. The van der Waals surface area contributed by atoms with Gasteiger partial charge in [0.05, 0.1) is 0 Å². The summed E-state index contributed by atoms with van der Waals surface area (Å²) in [5.74, 6) is 0. The van der Waals surface area contributed by atoms with Crippen molar-refractivity contribution in [1.29, 1.82) is 0 Å². The molecule has 0 aliphatic carbocycles. The summed E-state index contributed by atoms with van der Waals surface area (Å²) >= 11 is 6.33. The topological polar surface area (TPSA) is 9.23 Å². The lowest BCUT2D eigenvalue weighted by Crippen LogP contribution is -2.29. The molecule has 0 radical (unpaired) electrons. The third kappa shape index (κ3) is 2.53. The highest BCUT2D eigenvalue weighted by molar-refractivity contribution is 8.19. The van der Waals surface area contributed by atoms with Gasteiger partial charge in [-0.1, -0.05) is 127 Å². The highest BCUT2D eigenvalue weighted by Crippen LogP contribution is 2.62. The first-order valence-corrected chi connectivity index (χ1v) is 12.0. The molecule has 0 amide bonds.